The Morgan fingerprint density at radius 2 is 1.70 bits per heavy atom. The number of hydrogen-bond donors (Lipinski definition) is 3. The van der Waals surface area contributed by atoms with Crippen molar-refractivity contribution in [3.8, 4) is 17.1 Å². The van der Waals surface area contributed by atoms with Crippen LogP contribution < -0.4 is 15.0 Å². The summed E-state index contributed by atoms with van der Waals surface area (Å²) in [5.74, 6) is 1.53. The lowest BCUT2D eigenvalue weighted by atomic mass is 10.1. The van der Waals surface area contributed by atoms with Gasteiger partial charge in [-0.3, -0.25) is 5.73 Å². The number of rotatable bonds is 9. The first-order valence-electron chi connectivity index (χ1n) is 11.5. The summed E-state index contributed by atoms with van der Waals surface area (Å²) >= 11 is 0. The van der Waals surface area contributed by atoms with Gasteiger partial charge in [0.1, 0.15) is 17.9 Å². The topological polar surface area (TPSA) is 132 Å². The average molecular weight is 518 g/mol. The van der Waals surface area contributed by atoms with Crippen LogP contribution in [0.15, 0.2) is 95.6 Å². The van der Waals surface area contributed by atoms with Gasteiger partial charge in [-0.05, 0) is 34.7 Å². The van der Waals surface area contributed by atoms with Crippen molar-refractivity contribution in [3.63, 3.8) is 0 Å². The van der Waals surface area contributed by atoms with E-state index in [0.717, 1.165) is 33.3 Å². The van der Waals surface area contributed by atoms with Crippen LogP contribution in [0.2, 0.25) is 0 Å². The predicted molar refractivity (Wildman–Crippen MR) is 137 cm³/mol. The summed E-state index contributed by atoms with van der Waals surface area (Å²) in [5.41, 5.74) is 9.52. The third kappa shape index (κ3) is 6.04. The summed E-state index contributed by atoms with van der Waals surface area (Å²) in [6, 6.07) is 27.5. The maximum Gasteiger partial charge on any atom is 0.472 e. The monoisotopic (exact) mass is 518 g/mol. The van der Waals surface area contributed by atoms with Gasteiger partial charge in [0.2, 0.25) is 6.73 Å². The second-order valence-electron chi connectivity index (χ2n) is 8.47. The van der Waals surface area contributed by atoms with E-state index in [1.165, 1.54) is 4.57 Å². The van der Waals surface area contributed by atoms with Gasteiger partial charge >= 0.3 is 7.82 Å². The molecule has 37 heavy (non-hydrogen) atoms. The number of fused-ring (bicyclic) bond motifs is 1. The Labute approximate surface area is 212 Å². The lowest BCUT2D eigenvalue weighted by Gasteiger charge is -2.10. The molecule has 0 amide bonds. The molecular weight excluding hydrogens is 493 g/mol. The molecule has 0 aliphatic carbocycles. The van der Waals surface area contributed by atoms with Crippen LogP contribution in [0.25, 0.3) is 22.1 Å². The van der Waals surface area contributed by atoms with E-state index in [0.29, 0.717) is 24.4 Å². The van der Waals surface area contributed by atoms with Crippen LogP contribution in [-0.4, -0.2) is 14.9 Å². The largest absolute Gasteiger partial charge is 0.488 e. The van der Waals surface area contributed by atoms with Crippen molar-refractivity contribution in [2.24, 2.45) is 0 Å². The van der Waals surface area contributed by atoms with E-state index in [1.807, 2.05) is 48.5 Å². The lowest BCUT2D eigenvalue weighted by Crippen LogP contribution is -2.38. The minimum atomic E-state index is -4.63. The van der Waals surface area contributed by atoms with Gasteiger partial charge in [0.25, 0.3) is 5.82 Å². The zero-order chi connectivity index (χ0) is 25.8. The van der Waals surface area contributed by atoms with Crippen molar-refractivity contribution >= 4 is 24.4 Å². The Balaban J connectivity index is 1.23. The lowest BCUT2D eigenvalue weighted by molar-refractivity contribution is -0.711. The molecule has 0 atom stereocenters. The van der Waals surface area contributed by atoms with E-state index in [4.69, 9.17) is 24.8 Å². The third-order valence-electron chi connectivity index (χ3n) is 5.86. The number of phosphoric acid groups is 1. The molecule has 5 rings (SSSR count). The van der Waals surface area contributed by atoms with Crippen LogP contribution in [0.4, 0.5) is 5.82 Å². The molecule has 2 aromatic heterocycles. The Kier molecular flexibility index (Phi) is 7.03. The highest BCUT2D eigenvalue weighted by atomic mass is 31.2. The molecule has 0 spiro atoms. The summed E-state index contributed by atoms with van der Waals surface area (Å²) in [6.45, 7) is 0.0584. The minimum absolute atomic E-state index is 0.231. The van der Waals surface area contributed by atoms with Crippen molar-refractivity contribution in [2.45, 2.75) is 19.8 Å². The van der Waals surface area contributed by atoms with Crippen LogP contribution in [0.5, 0.6) is 5.75 Å². The second-order valence-corrected chi connectivity index (χ2v) is 9.71. The van der Waals surface area contributed by atoms with E-state index in [1.54, 1.807) is 24.4 Å². The number of nitrogen functional groups attached to an aromatic ring is 1. The first-order valence-corrected chi connectivity index (χ1v) is 13.0. The van der Waals surface area contributed by atoms with Crippen LogP contribution in [0.3, 0.4) is 0 Å². The molecule has 0 radical (unpaired) electrons. The number of nitrogens with two attached hydrogens (primary N) is 1. The normalized spacial score (nSPS) is 11.6. The Hall–Kier alpha value is -4.01. The van der Waals surface area contributed by atoms with Gasteiger partial charge in [-0.15, -0.1) is 0 Å². The van der Waals surface area contributed by atoms with Crippen molar-refractivity contribution < 1.29 is 32.7 Å². The summed E-state index contributed by atoms with van der Waals surface area (Å²) in [6.07, 6.45) is 2.11. The average Bonchev–Trinajstić information content (AvgIpc) is 3.35. The molecular formula is C27H25N3O6P+. The molecule has 0 aliphatic rings. The molecule has 0 saturated heterocycles. The number of phosphoric ester groups is 1. The fourth-order valence-corrected chi connectivity index (χ4v) is 4.26. The summed E-state index contributed by atoms with van der Waals surface area (Å²) in [7, 11) is -4.63. The molecule has 0 aliphatic heterocycles. The number of aromatic nitrogens is 2. The first-order chi connectivity index (χ1) is 17.9. The number of pyridine rings is 1. The Bertz CT molecular complexity index is 1570. The van der Waals surface area contributed by atoms with Crippen LogP contribution in [0.1, 0.15) is 16.8 Å². The van der Waals surface area contributed by atoms with E-state index in [2.05, 4.69) is 27.9 Å². The number of hydrogen-bond acceptors (Lipinski definition) is 6. The molecule has 4 N–H and O–H groups in total. The van der Waals surface area contributed by atoms with E-state index >= 15 is 0 Å². The number of ether oxygens (including phenoxy) is 1. The van der Waals surface area contributed by atoms with Gasteiger partial charge in [0.15, 0.2) is 5.76 Å². The smallest absolute Gasteiger partial charge is 0.472 e. The van der Waals surface area contributed by atoms with Crippen molar-refractivity contribution in [2.75, 3.05) is 5.73 Å². The van der Waals surface area contributed by atoms with Crippen molar-refractivity contribution in [1.29, 1.82) is 0 Å². The SMILES string of the molecule is Nc1c(-c2cc(Cc3ccc(COc4cccc5ccccc45)cc3)no2)ccc[n+]1COP(=O)(O)O. The Morgan fingerprint density at radius 1 is 0.946 bits per heavy atom. The molecule has 188 valence electrons. The molecule has 0 saturated carbocycles. The number of nitrogens with zero attached hydrogens (tertiary/aromatic N) is 2. The highest BCUT2D eigenvalue weighted by molar-refractivity contribution is 7.46. The molecule has 0 fully saturated rings. The zero-order valence-electron chi connectivity index (χ0n) is 19.7. The fraction of sp³-hybridized carbons (Fsp3) is 0.111. The molecule has 0 bridgehead atoms. The maximum atomic E-state index is 11.0. The molecule has 2 heterocycles. The number of anilines is 1. The molecule has 0 unspecified atom stereocenters. The second kappa shape index (κ2) is 10.5. The Morgan fingerprint density at radius 3 is 2.51 bits per heavy atom. The van der Waals surface area contributed by atoms with Crippen LogP contribution in [0, 0.1) is 0 Å². The van der Waals surface area contributed by atoms with Gasteiger partial charge < -0.3 is 19.0 Å². The van der Waals surface area contributed by atoms with Gasteiger partial charge in [-0.2, -0.15) is 0 Å². The highest BCUT2D eigenvalue weighted by Crippen LogP contribution is 2.35. The van der Waals surface area contributed by atoms with E-state index < -0.39 is 14.6 Å². The minimum Gasteiger partial charge on any atom is -0.488 e. The van der Waals surface area contributed by atoms with Crippen molar-refractivity contribution in [3.05, 3.63) is 108 Å². The van der Waals surface area contributed by atoms with Gasteiger partial charge in [0, 0.05) is 17.9 Å². The van der Waals surface area contributed by atoms with Gasteiger partial charge in [-0.25, -0.2) is 13.7 Å². The summed E-state index contributed by atoms with van der Waals surface area (Å²) in [5, 5.41) is 6.38. The summed E-state index contributed by atoms with van der Waals surface area (Å²) < 4.78 is 28.5. The number of benzene rings is 3. The zero-order valence-corrected chi connectivity index (χ0v) is 20.6. The molecule has 10 heteroatoms. The van der Waals surface area contributed by atoms with Crippen molar-refractivity contribution in [1.82, 2.24) is 5.16 Å². The fourth-order valence-electron chi connectivity index (χ4n) is 3.99. The highest BCUT2D eigenvalue weighted by Gasteiger charge is 2.20. The van der Waals surface area contributed by atoms with E-state index in [9.17, 15) is 4.57 Å². The van der Waals surface area contributed by atoms with Crippen LogP contribution in [-0.2, 0) is 28.8 Å². The molecule has 3 aromatic carbocycles. The van der Waals surface area contributed by atoms with E-state index in [-0.39, 0.29) is 5.82 Å². The standard InChI is InChI=1S/C27H24N3O6P/c28-27-24(8-4-14-30(27)18-35-37(31,32)33)26-16-22(29-36-26)15-19-10-12-20(13-11-19)17-34-25-9-3-6-21-5-1-2-7-23(21)25/h1-14,16,28H,15,17-18H2,(H2,31,32,33)/p+1. The quantitative estimate of drug-likeness (QED) is 0.191. The van der Waals surface area contributed by atoms with Gasteiger partial charge in [0.05, 0.1) is 11.9 Å². The van der Waals surface area contributed by atoms with Crippen LogP contribution >= 0.6 is 7.82 Å². The third-order valence-corrected chi connectivity index (χ3v) is 6.31. The molecule has 9 nitrogen and oxygen atoms in total. The summed E-state index contributed by atoms with van der Waals surface area (Å²) in [4.78, 5) is 17.9. The van der Waals surface area contributed by atoms with Gasteiger partial charge in [-0.1, -0.05) is 65.8 Å². The first kappa shape index (κ1) is 24.7. The molecule has 5 aromatic rings. The maximum absolute atomic E-state index is 11.0. The predicted octanol–water partition coefficient (Wildman–Crippen LogP) is 4.60.